The van der Waals surface area contributed by atoms with E-state index in [1.54, 1.807) is 12.1 Å². The molecule has 0 atom stereocenters. The number of nitrogens with one attached hydrogen (secondary N) is 1. The number of aromatic nitrogens is 2. The third-order valence-electron chi connectivity index (χ3n) is 3.93. The lowest BCUT2D eigenvalue weighted by Crippen LogP contribution is -1.95. The van der Waals surface area contributed by atoms with Crippen molar-refractivity contribution in [1.29, 1.82) is 0 Å². The molecule has 0 radical (unpaired) electrons. The largest absolute Gasteiger partial charge is 0.478 e. The second kappa shape index (κ2) is 4.31. The molecule has 0 bridgehead atoms. The summed E-state index contributed by atoms with van der Waals surface area (Å²) in [5, 5.41) is 16.5. The van der Waals surface area contributed by atoms with Crippen molar-refractivity contribution in [2.45, 2.75) is 6.42 Å². The third-order valence-corrected chi connectivity index (χ3v) is 3.93. The normalized spacial score (nSPS) is 12.0. The quantitative estimate of drug-likeness (QED) is 0.590. The minimum Gasteiger partial charge on any atom is -0.478 e. The number of H-pyrrole nitrogens is 1. The third kappa shape index (κ3) is 1.76. The lowest BCUT2D eigenvalue weighted by Gasteiger charge is -2.01. The fourth-order valence-electron chi connectivity index (χ4n) is 2.88. The molecule has 0 saturated carbocycles. The van der Waals surface area contributed by atoms with E-state index in [4.69, 9.17) is 5.11 Å². The van der Waals surface area contributed by atoms with Crippen LogP contribution in [0.3, 0.4) is 0 Å². The molecule has 0 saturated heterocycles. The van der Waals surface area contributed by atoms with Gasteiger partial charge in [-0.15, -0.1) is 0 Å². The minimum absolute atomic E-state index is 0.286. The van der Waals surface area contributed by atoms with E-state index < -0.39 is 5.97 Å². The van der Waals surface area contributed by atoms with Crippen molar-refractivity contribution in [2.24, 2.45) is 0 Å². The Hall–Kier alpha value is -2.88. The number of nitrogens with zero attached hydrogens (tertiary/aromatic N) is 1. The van der Waals surface area contributed by atoms with Crippen LogP contribution in [0, 0.1) is 0 Å². The molecule has 0 unspecified atom stereocenters. The average molecular weight is 276 g/mol. The van der Waals surface area contributed by atoms with Crippen LogP contribution in [0.15, 0.2) is 48.5 Å². The summed E-state index contributed by atoms with van der Waals surface area (Å²) < 4.78 is 0. The first-order valence-electron chi connectivity index (χ1n) is 6.73. The first-order valence-corrected chi connectivity index (χ1v) is 6.73. The second-order valence-corrected chi connectivity index (χ2v) is 5.14. The molecule has 4 nitrogen and oxygen atoms in total. The van der Waals surface area contributed by atoms with Gasteiger partial charge in [-0.3, -0.25) is 5.10 Å². The zero-order valence-corrected chi connectivity index (χ0v) is 11.1. The van der Waals surface area contributed by atoms with Crippen LogP contribution in [0.4, 0.5) is 0 Å². The Morgan fingerprint density at radius 2 is 1.86 bits per heavy atom. The van der Waals surface area contributed by atoms with Crippen molar-refractivity contribution < 1.29 is 9.90 Å². The molecule has 3 aromatic rings. The van der Waals surface area contributed by atoms with E-state index in [0.29, 0.717) is 0 Å². The summed E-state index contributed by atoms with van der Waals surface area (Å²) in [6, 6.07) is 15.1. The van der Waals surface area contributed by atoms with Crippen LogP contribution >= 0.6 is 0 Å². The van der Waals surface area contributed by atoms with E-state index >= 15 is 0 Å². The van der Waals surface area contributed by atoms with E-state index in [1.807, 2.05) is 24.3 Å². The first kappa shape index (κ1) is 11.9. The molecule has 1 heterocycles. The Morgan fingerprint density at radius 3 is 2.62 bits per heavy atom. The topological polar surface area (TPSA) is 66.0 Å². The van der Waals surface area contributed by atoms with Crippen molar-refractivity contribution in [2.75, 3.05) is 0 Å². The van der Waals surface area contributed by atoms with Crippen LogP contribution in [-0.2, 0) is 6.42 Å². The van der Waals surface area contributed by atoms with Gasteiger partial charge in [0.15, 0.2) is 0 Å². The maximum atomic E-state index is 10.9. The van der Waals surface area contributed by atoms with Crippen molar-refractivity contribution >= 4 is 5.97 Å². The van der Waals surface area contributed by atoms with Gasteiger partial charge in [0.25, 0.3) is 0 Å². The Balaban J connectivity index is 1.79. The fourth-order valence-corrected chi connectivity index (χ4v) is 2.88. The molecule has 2 aromatic carbocycles. The van der Waals surface area contributed by atoms with Gasteiger partial charge in [0.1, 0.15) is 0 Å². The number of carboxylic acids is 1. The second-order valence-electron chi connectivity index (χ2n) is 5.14. The van der Waals surface area contributed by atoms with Gasteiger partial charge < -0.3 is 5.11 Å². The summed E-state index contributed by atoms with van der Waals surface area (Å²) in [5.41, 5.74) is 6.87. The lowest BCUT2D eigenvalue weighted by atomic mass is 10.0. The van der Waals surface area contributed by atoms with Crippen LogP contribution in [0.25, 0.3) is 22.5 Å². The highest BCUT2D eigenvalue weighted by atomic mass is 16.4. The highest BCUT2D eigenvalue weighted by Gasteiger charge is 2.24. The van der Waals surface area contributed by atoms with Gasteiger partial charge in [-0.1, -0.05) is 36.4 Å². The van der Waals surface area contributed by atoms with E-state index in [2.05, 4.69) is 22.3 Å². The number of benzene rings is 2. The highest BCUT2D eigenvalue weighted by molar-refractivity contribution is 5.88. The monoisotopic (exact) mass is 276 g/mol. The predicted octanol–water partition coefficient (Wildman–Crippen LogP) is 3.35. The van der Waals surface area contributed by atoms with Gasteiger partial charge in [0.05, 0.1) is 17.0 Å². The van der Waals surface area contributed by atoms with Crippen molar-refractivity contribution in [3.05, 3.63) is 65.2 Å². The zero-order valence-electron chi connectivity index (χ0n) is 11.1. The molecular formula is C17H12N2O2. The van der Waals surface area contributed by atoms with Gasteiger partial charge in [0, 0.05) is 23.1 Å². The Bertz CT molecular complexity index is 847. The van der Waals surface area contributed by atoms with Gasteiger partial charge in [0.2, 0.25) is 0 Å². The molecule has 0 amide bonds. The number of aromatic amines is 1. The molecule has 4 rings (SSSR count). The molecule has 0 fully saturated rings. The van der Waals surface area contributed by atoms with Crippen LogP contribution < -0.4 is 0 Å². The van der Waals surface area contributed by atoms with E-state index in [1.165, 1.54) is 16.7 Å². The van der Waals surface area contributed by atoms with Crippen molar-refractivity contribution in [3.63, 3.8) is 0 Å². The number of carbonyl (C=O) groups is 1. The molecular weight excluding hydrogens is 264 g/mol. The zero-order chi connectivity index (χ0) is 14.4. The molecule has 2 N–H and O–H groups in total. The summed E-state index contributed by atoms with van der Waals surface area (Å²) in [5.74, 6) is -0.916. The molecule has 1 aliphatic carbocycles. The van der Waals surface area contributed by atoms with Gasteiger partial charge in [-0.05, 0) is 17.7 Å². The van der Waals surface area contributed by atoms with Crippen LogP contribution in [0.1, 0.15) is 21.5 Å². The van der Waals surface area contributed by atoms with E-state index in [-0.39, 0.29) is 5.56 Å². The van der Waals surface area contributed by atoms with Crippen molar-refractivity contribution in [1.82, 2.24) is 10.2 Å². The number of carboxylic acid groups (broad SMARTS) is 1. The molecule has 102 valence electrons. The van der Waals surface area contributed by atoms with E-state index in [9.17, 15) is 4.79 Å². The van der Waals surface area contributed by atoms with Crippen LogP contribution in [-0.4, -0.2) is 21.3 Å². The first-order chi connectivity index (χ1) is 10.2. The highest BCUT2D eigenvalue weighted by Crippen LogP contribution is 2.39. The molecule has 1 aliphatic rings. The average Bonchev–Trinajstić information content (AvgIpc) is 3.06. The van der Waals surface area contributed by atoms with Crippen molar-refractivity contribution in [3.8, 4) is 22.5 Å². The molecule has 1 aromatic heterocycles. The number of hydrogen-bond donors (Lipinski definition) is 2. The number of aromatic carboxylic acids is 1. The number of rotatable bonds is 2. The Morgan fingerprint density at radius 1 is 1.10 bits per heavy atom. The Kier molecular flexibility index (Phi) is 2.44. The maximum absolute atomic E-state index is 10.9. The van der Waals surface area contributed by atoms with Crippen LogP contribution in [0.5, 0.6) is 0 Å². The molecule has 0 spiro atoms. The number of fused-ring (bicyclic) bond motifs is 3. The molecule has 0 aliphatic heterocycles. The summed E-state index contributed by atoms with van der Waals surface area (Å²) >= 11 is 0. The SMILES string of the molecule is O=C(O)c1ccc(-c2n[nH]c3c2Cc2ccccc2-3)cc1. The number of hydrogen-bond acceptors (Lipinski definition) is 2. The Labute approximate surface area is 121 Å². The lowest BCUT2D eigenvalue weighted by molar-refractivity contribution is 0.0697. The van der Waals surface area contributed by atoms with Gasteiger partial charge in [-0.2, -0.15) is 5.10 Å². The summed E-state index contributed by atoms with van der Waals surface area (Å²) in [7, 11) is 0. The van der Waals surface area contributed by atoms with E-state index in [0.717, 1.165) is 23.4 Å². The summed E-state index contributed by atoms with van der Waals surface area (Å²) in [6.07, 6.45) is 0.859. The smallest absolute Gasteiger partial charge is 0.335 e. The standard InChI is InChI=1S/C17H12N2O2/c20-17(21)11-7-5-10(6-8-11)15-14-9-12-3-1-2-4-13(12)16(14)19-18-15/h1-8H,9H2,(H,18,19)(H,20,21). The fraction of sp³-hybridized carbons (Fsp3) is 0.0588. The maximum Gasteiger partial charge on any atom is 0.335 e. The van der Waals surface area contributed by atoms with Gasteiger partial charge in [-0.25, -0.2) is 4.79 Å². The predicted molar refractivity (Wildman–Crippen MR) is 79.2 cm³/mol. The molecule has 4 heteroatoms. The minimum atomic E-state index is -0.916. The van der Waals surface area contributed by atoms with Crippen LogP contribution in [0.2, 0.25) is 0 Å². The molecule has 21 heavy (non-hydrogen) atoms. The summed E-state index contributed by atoms with van der Waals surface area (Å²) in [6.45, 7) is 0. The summed E-state index contributed by atoms with van der Waals surface area (Å²) in [4.78, 5) is 10.9. The van der Waals surface area contributed by atoms with Gasteiger partial charge >= 0.3 is 5.97 Å².